The van der Waals surface area contributed by atoms with Crippen LogP contribution in [0.15, 0.2) is 12.3 Å². The maximum absolute atomic E-state index is 12.9. The topological polar surface area (TPSA) is 54.9 Å². The van der Waals surface area contributed by atoms with Crippen LogP contribution in [0.5, 0.6) is 5.88 Å². The monoisotopic (exact) mass is 407 g/mol. The number of pyridine rings is 1. The summed E-state index contributed by atoms with van der Waals surface area (Å²) in [5, 5.41) is 0.401. The van der Waals surface area contributed by atoms with Crippen LogP contribution in [0.2, 0.25) is 5.02 Å². The van der Waals surface area contributed by atoms with Gasteiger partial charge in [-0.2, -0.15) is 0 Å². The molecule has 7 heteroatoms. The summed E-state index contributed by atoms with van der Waals surface area (Å²) < 4.78 is 11.2. The summed E-state index contributed by atoms with van der Waals surface area (Å²) in [5.74, 6) is 0.419. The Morgan fingerprint density at radius 1 is 1.07 bits per heavy atom. The van der Waals surface area contributed by atoms with Gasteiger partial charge in [-0.3, -0.25) is 9.69 Å². The lowest BCUT2D eigenvalue weighted by Crippen LogP contribution is -2.52. The van der Waals surface area contributed by atoms with Gasteiger partial charge in [0.2, 0.25) is 5.88 Å². The molecule has 1 amide bonds. The van der Waals surface area contributed by atoms with Gasteiger partial charge < -0.3 is 14.4 Å². The molecule has 6 nitrogen and oxygen atoms in total. The minimum absolute atomic E-state index is 0.00955. The molecule has 3 fully saturated rings. The standard InChI is InChI=1S/C21H30ClN3O3/c22-19-14-16(15-23-20(19)28-18-6-12-27-13-7-18)21(26)25-10-8-24(9-11-25)17-4-2-1-3-5-17/h14-15,17-18H,1-13H2. The molecule has 0 atom stereocenters. The second kappa shape index (κ2) is 9.42. The van der Waals surface area contributed by atoms with Gasteiger partial charge >= 0.3 is 0 Å². The molecule has 0 unspecified atom stereocenters. The van der Waals surface area contributed by atoms with Gasteiger partial charge in [-0.1, -0.05) is 30.9 Å². The van der Waals surface area contributed by atoms with E-state index in [0.717, 1.165) is 39.0 Å². The van der Waals surface area contributed by atoms with Crippen molar-refractivity contribution in [2.24, 2.45) is 0 Å². The second-order valence-electron chi connectivity index (χ2n) is 8.06. The molecule has 28 heavy (non-hydrogen) atoms. The summed E-state index contributed by atoms with van der Waals surface area (Å²) in [6, 6.07) is 2.41. The van der Waals surface area contributed by atoms with Crippen LogP contribution in [-0.2, 0) is 4.74 Å². The zero-order chi connectivity index (χ0) is 19.3. The molecular formula is C21H30ClN3O3. The van der Waals surface area contributed by atoms with Crippen LogP contribution in [0.25, 0.3) is 0 Å². The summed E-state index contributed by atoms with van der Waals surface area (Å²) in [4.78, 5) is 21.7. The van der Waals surface area contributed by atoms with Crippen LogP contribution >= 0.6 is 11.6 Å². The number of rotatable bonds is 4. The summed E-state index contributed by atoms with van der Waals surface area (Å²) in [5.41, 5.74) is 0.537. The van der Waals surface area contributed by atoms with Crippen molar-refractivity contribution in [2.75, 3.05) is 39.4 Å². The molecule has 3 heterocycles. The average Bonchev–Trinajstić information content (AvgIpc) is 2.76. The normalized spacial score (nSPS) is 23.0. The zero-order valence-electron chi connectivity index (χ0n) is 16.4. The molecule has 0 aromatic carbocycles. The van der Waals surface area contributed by atoms with E-state index in [1.165, 1.54) is 32.1 Å². The SMILES string of the molecule is O=C(c1cnc(OC2CCOCC2)c(Cl)c1)N1CCN(C2CCCCC2)CC1. The highest BCUT2D eigenvalue weighted by molar-refractivity contribution is 6.32. The van der Waals surface area contributed by atoms with E-state index in [2.05, 4.69) is 9.88 Å². The lowest BCUT2D eigenvalue weighted by Gasteiger charge is -2.40. The largest absolute Gasteiger partial charge is 0.473 e. The Balaban J connectivity index is 1.32. The van der Waals surface area contributed by atoms with E-state index in [-0.39, 0.29) is 12.0 Å². The predicted octanol–water partition coefficient (Wildman–Crippen LogP) is 3.38. The van der Waals surface area contributed by atoms with Gasteiger partial charge in [-0.25, -0.2) is 4.98 Å². The molecule has 3 aliphatic rings. The van der Waals surface area contributed by atoms with Crippen LogP contribution < -0.4 is 4.74 Å². The highest BCUT2D eigenvalue weighted by Gasteiger charge is 2.28. The lowest BCUT2D eigenvalue weighted by atomic mass is 9.94. The lowest BCUT2D eigenvalue weighted by molar-refractivity contribution is 0.0237. The molecule has 154 valence electrons. The van der Waals surface area contributed by atoms with E-state index in [1.54, 1.807) is 12.3 Å². The zero-order valence-corrected chi connectivity index (χ0v) is 17.2. The molecule has 1 aromatic rings. The Bertz CT molecular complexity index is 667. The fraction of sp³-hybridized carbons (Fsp3) is 0.714. The molecule has 0 radical (unpaired) electrons. The number of carbonyl (C=O) groups excluding carboxylic acids is 1. The Morgan fingerprint density at radius 3 is 2.46 bits per heavy atom. The first kappa shape index (κ1) is 19.9. The Morgan fingerprint density at radius 2 is 1.79 bits per heavy atom. The molecule has 0 bridgehead atoms. The van der Waals surface area contributed by atoms with Crippen LogP contribution in [0, 0.1) is 0 Å². The van der Waals surface area contributed by atoms with E-state index in [1.807, 2.05) is 4.90 Å². The van der Waals surface area contributed by atoms with Crippen molar-refractivity contribution in [1.29, 1.82) is 0 Å². The molecule has 4 rings (SSSR count). The predicted molar refractivity (Wildman–Crippen MR) is 108 cm³/mol. The fourth-order valence-corrected chi connectivity index (χ4v) is 4.71. The van der Waals surface area contributed by atoms with Crippen molar-refractivity contribution >= 4 is 17.5 Å². The van der Waals surface area contributed by atoms with Crippen molar-refractivity contribution in [3.8, 4) is 5.88 Å². The van der Waals surface area contributed by atoms with E-state index in [9.17, 15) is 4.79 Å². The summed E-state index contributed by atoms with van der Waals surface area (Å²) >= 11 is 6.36. The minimum atomic E-state index is 0.00955. The van der Waals surface area contributed by atoms with Crippen LogP contribution in [0.1, 0.15) is 55.3 Å². The Kier molecular flexibility index (Phi) is 6.70. The smallest absolute Gasteiger partial charge is 0.255 e. The molecular weight excluding hydrogens is 378 g/mol. The number of amides is 1. The van der Waals surface area contributed by atoms with Crippen molar-refractivity contribution in [3.63, 3.8) is 0 Å². The first-order valence-corrected chi connectivity index (χ1v) is 11.0. The van der Waals surface area contributed by atoms with Crippen LogP contribution in [0.3, 0.4) is 0 Å². The van der Waals surface area contributed by atoms with E-state index in [0.29, 0.717) is 35.7 Å². The van der Waals surface area contributed by atoms with Gasteiger partial charge in [0, 0.05) is 51.3 Å². The Hall–Kier alpha value is -1.37. The highest BCUT2D eigenvalue weighted by Crippen LogP contribution is 2.27. The number of hydrogen-bond donors (Lipinski definition) is 0. The van der Waals surface area contributed by atoms with Gasteiger partial charge in [0.25, 0.3) is 5.91 Å². The number of nitrogens with zero attached hydrogens (tertiary/aromatic N) is 3. The molecule has 2 saturated heterocycles. The van der Waals surface area contributed by atoms with E-state index < -0.39 is 0 Å². The third-order valence-electron chi connectivity index (χ3n) is 6.19. The summed E-state index contributed by atoms with van der Waals surface area (Å²) in [6.45, 7) is 4.86. The first-order chi connectivity index (χ1) is 13.7. The fourth-order valence-electron chi connectivity index (χ4n) is 4.50. The third kappa shape index (κ3) is 4.78. The van der Waals surface area contributed by atoms with Crippen LogP contribution in [-0.4, -0.2) is 72.2 Å². The van der Waals surface area contributed by atoms with Gasteiger partial charge in [0.05, 0.1) is 18.8 Å². The van der Waals surface area contributed by atoms with Crippen LogP contribution in [0.4, 0.5) is 0 Å². The highest BCUT2D eigenvalue weighted by atomic mass is 35.5. The maximum Gasteiger partial charge on any atom is 0.255 e. The molecule has 2 aliphatic heterocycles. The van der Waals surface area contributed by atoms with Crippen molar-refractivity contribution < 1.29 is 14.3 Å². The number of hydrogen-bond acceptors (Lipinski definition) is 5. The van der Waals surface area contributed by atoms with E-state index in [4.69, 9.17) is 21.1 Å². The van der Waals surface area contributed by atoms with Crippen molar-refractivity contribution in [1.82, 2.24) is 14.8 Å². The van der Waals surface area contributed by atoms with E-state index >= 15 is 0 Å². The number of ether oxygens (including phenoxy) is 2. The number of carbonyl (C=O) groups is 1. The van der Waals surface area contributed by atoms with Gasteiger partial charge in [-0.05, 0) is 18.9 Å². The van der Waals surface area contributed by atoms with Gasteiger partial charge in [0.15, 0.2) is 0 Å². The quantitative estimate of drug-likeness (QED) is 0.765. The van der Waals surface area contributed by atoms with Crippen molar-refractivity contribution in [2.45, 2.75) is 57.1 Å². The number of aromatic nitrogens is 1. The Labute approximate surface area is 172 Å². The maximum atomic E-state index is 12.9. The van der Waals surface area contributed by atoms with Gasteiger partial charge in [0.1, 0.15) is 11.1 Å². The third-order valence-corrected chi connectivity index (χ3v) is 6.46. The number of halogens is 1. The number of piperazine rings is 1. The molecule has 1 aliphatic carbocycles. The molecule has 0 N–H and O–H groups in total. The van der Waals surface area contributed by atoms with Gasteiger partial charge in [-0.15, -0.1) is 0 Å². The molecule has 0 spiro atoms. The summed E-state index contributed by atoms with van der Waals surface area (Å²) in [7, 11) is 0. The average molecular weight is 408 g/mol. The first-order valence-electron chi connectivity index (χ1n) is 10.6. The minimum Gasteiger partial charge on any atom is -0.473 e. The molecule has 1 aromatic heterocycles. The second-order valence-corrected chi connectivity index (χ2v) is 8.47. The molecule has 1 saturated carbocycles. The summed E-state index contributed by atoms with van der Waals surface area (Å²) in [6.07, 6.45) is 10.0. The van der Waals surface area contributed by atoms with Crippen molar-refractivity contribution in [3.05, 3.63) is 22.8 Å².